The summed E-state index contributed by atoms with van der Waals surface area (Å²) in [6.45, 7) is 1.83. The molecule has 0 aliphatic heterocycles. The largest absolute Gasteiger partial charge is 0.431 e. The fourth-order valence-corrected chi connectivity index (χ4v) is 2.87. The average Bonchev–Trinajstić information content (AvgIpc) is 2.95. The van der Waals surface area contributed by atoms with Crippen LogP contribution in [0.5, 0.6) is 10.9 Å². The summed E-state index contributed by atoms with van der Waals surface area (Å²) < 4.78 is 6.81. The number of nitrogens with one attached hydrogen (secondary N) is 1. The topological polar surface area (TPSA) is 71.5 Å². The van der Waals surface area contributed by atoms with Crippen LogP contribution in [-0.2, 0) is 0 Å². The molecule has 1 aromatic heterocycles. The molecular formula is C17H16N2O3S. The quantitative estimate of drug-likeness (QED) is 0.754. The Hall–Kier alpha value is -2.44. The van der Waals surface area contributed by atoms with Crippen LogP contribution in [0.1, 0.15) is 17.3 Å². The van der Waals surface area contributed by atoms with Crippen LogP contribution in [0.15, 0.2) is 48.5 Å². The second kappa shape index (κ2) is 6.76. The lowest BCUT2D eigenvalue weighted by Crippen LogP contribution is -2.30. The van der Waals surface area contributed by atoms with Gasteiger partial charge in [-0.15, -0.1) is 0 Å². The third kappa shape index (κ3) is 3.85. The van der Waals surface area contributed by atoms with Gasteiger partial charge in [-0.2, -0.15) is 0 Å². The molecule has 2 N–H and O–H groups in total. The van der Waals surface area contributed by atoms with E-state index in [-0.39, 0.29) is 12.5 Å². The maximum absolute atomic E-state index is 12.0. The molecule has 118 valence electrons. The van der Waals surface area contributed by atoms with E-state index in [9.17, 15) is 9.90 Å². The van der Waals surface area contributed by atoms with Crippen molar-refractivity contribution in [2.45, 2.75) is 13.0 Å². The van der Waals surface area contributed by atoms with Gasteiger partial charge in [0.15, 0.2) is 0 Å². The first-order chi connectivity index (χ1) is 11.1. The fourth-order valence-electron chi connectivity index (χ4n) is 2.04. The minimum Gasteiger partial charge on any atom is -0.431 e. The van der Waals surface area contributed by atoms with E-state index < -0.39 is 6.10 Å². The van der Waals surface area contributed by atoms with Crippen molar-refractivity contribution in [2.24, 2.45) is 0 Å². The van der Waals surface area contributed by atoms with Crippen molar-refractivity contribution in [1.82, 2.24) is 10.3 Å². The Morgan fingerprint density at radius 1 is 1.30 bits per heavy atom. The fraction of sp³-hybridized carbons (Fsp3) is 0.176. The molecule has 0 aliphatic carbocycles. The number of aliphatic hydroxyl groups is 1. The van der Waals surface area contributed by atoms with E-state index in [1.807, 2.05) is 24.3 Å². The van der Waals surface area contributed by atoms with E-state index in [0.29, 0.717) is 16.5 Å². The molecule has 1 unspecified atom stereocenters. The van der Waals surface area contributed by atoms with E-state index in [1.54, 1.807) is 31.2 Å². The van der Waals surface area contributed by atoms with E-state index in [1.165, 1.54) is 11.3 Å². The van der Waals surface area contributed by atoms with Gasteiger partial charge in [0.2, 0.25) is 0 Å². The third-order valence-corrected chi connectivity index (χ3v) is 4.05. The number of aliphatic hydroxyl groups excluding tert-OH is 1. The minimum atomic E-state index is -0.582. The van der Waals surface area contributed by atoms with Gasteiger partial charge in [0.1, 0.15) is 5.75 Å². The highest BCUT2D eigenvalue weighted by Crippen LogP contribution is 2.31. The summed E-state index contributed by atoms with van der Waals surface area (Å²) in [5, 5.41) is 12.4. The molecule has 0 saturated carbocycles. The summed E-state index contributed by atoms with van der Waals surface area (Å²) >= 11 is 1.45. The van der Waals surface area contributed by atoms with Crippen LogP contribution in [0.2, 0.25) is 0 Å². The lowest BCUT2D eigenvalue weighted by Gasteiger charge is -2.08. The normalized spacial score (nSPS) is 12.1. The van der Waals surface area contributed by atoms with Crippen LogP contribution in [-0.4, -0.2) is 28.6 Å². The van der Waals surface area contributed by atoms with Gasteiger partial charge >= 0.3 is 0 Å². The Balaban J connectivity index is 1.75. The number of para-hydroxylation sites is 1. The average molecular weight is 328 g/mol. The molecule has 2 aromatic carbocycles. The monoisotopic (exact) mass is 328 g/mol. The van der Waals surface area contributed by atoms with Gasteiger partial charge in [-0.25, -0.2) is 4.98 Å². The second-order valence-electron chi connectivity index (χ2n) is 5.14. The lowest BCUT2D eigenvalue weighted by molar-refractivity contribution is 0.0923. The van der Waals surface area contributed by atoms with Crippen molar-refractivity contribution in [2.75, 3.05) is 6.54 Å². The van der Waals surface area contributed by atoms with Crippen LogP contribution >= 0.6 is 11.3 Å². The summed E-state index contributed by atoms with van der Waals surface area (Å²) in [4.78, 5) is 16.4. The molecule has 3 rings (SSSR count). The summed E-state index contributed by atoms with van der Waals surface area (Å²) in [7, 11) is 0. The first-order valence-electron chi connectivity index (χ1n) is 7.21. The van der Waals surface area contributed by atoms with Crippen molar-refractivity contribution in [3.63, 3.8) is 0 Å². The summed E-state index contributed by atoms with van der Waals surface area (Å²) in [6.07, 6.45) is -0.582. The molecule has 0 bridgehead atoms. The number of nitrogens with zero attached hydrogens (tertiary/aromatic N) is 1. The Bertz CT molecular complexity index is 796. The number of carbonyl (C=O) groups is 1. The Kier molecular flexibility index (Phi) is 4.55. The molecule has 1 heterocycles. The number of hydrogen-bond donors (Lipinski definition) is 2. The number of rotatable bonds is 5. The van der Waals surface area contributed by atoms with Gasteiger partial charge in [-0.05, 0) is 37.3 Å². The molecule has 0 spiro atoms. The van der Waals surface area contributed by atoms with Gasteiger partial charge in [0.25, 0.3) is 11.1 Å². The third-order valence-electron chi connectivity index (χ3n) is 3.13. The van der Waals surface area contributed by atoms with E-state index in [4.69, 9.17) is 4.74 Å². The lowest BCUT2D eigenvalue weighted by atomic mass is 10.2. The molecular weight excluding hydrogens is 312 g/mol. The van der Waals surface area contributed by atoms with Crippen LogP contribution in [0, 0.1) is 0 Å². The van der Waals surface area contributed by atoms with Gasteiger partial charge in [0.05, 0.1) is 16.3 Å². The van der Waals surface area contributed by atoms with Gasteiger partial charge < -0.3 is 15.2 Å². The standard InChI is InChI=1S/C17H16N2O3S/c1-11(20)10-18-16(21)12-5-4-6-13(9-12)22-17-19-14-7-2-3-8-15(14)23-17/h2-9,11,20H,10H2,1H3,(H,18,21). The van der Waals surface area contributed by atoms with Crippen LogP contribution in [0.25, 0.3) is 10.2 Å². The first-order valence-corrected chi connectivity index (χ1v) is 8.03. The highest BCUT2D eigenvalue weighted by molar-refractivity contribution is 7.20. The second-order valence-corrected chi connectivity index (χ2v) is 6.13. The Morgan fingerprint density at radius 3 is 2.91 bits per heavy atom. The number of carbonyl (C=O) groups excluding carboxylic acids is 1. The Morgan fingerprint density at radius 2 is 2.13 bits per heavy atom. The number of ether oxygens (including phenoxy) is 1. The number of thiazole rings is 1. The molecule has 6 heteroatoms. The molecule has 23 heavy (non-hydrogen) atoms. The highest BCUT2D eigenvalue weighted by atomic mass is 32.1. The maximum atomic E-state index is 12.0. The smallest absolute Gasteiger partial charge is 0.279 e. The SMILES string of the molecule is CC(O)CNC(=O)c1cccc(Oc2nc3ccccc3s2)c1. The number of benzene rings is 2. The zero-order chi connectivity index (χ0) is 16.2. The van der Waals surface area contributed by atoms with Crippen molar-refractivity contribution >= 4 is 27.5 Å². The predicted molar refractivity (Wildman–Crippen MR) is 90.2 cm³/mol. The molecule has 1 amide bonds. The molecule has 0 saturated heterocycles. The van der Waals surface area contributed by atoms with Gasteiger partial charge in [-0.3, -0.25) is 4.79 Å². The number of aromatic nitrogens is 1. The zero-order valence-corrected chi connectivity index (χ0v) is 13.3. The van der Waals surface area contributed by atoms with E-state index >= 15 is 0 Å². The molecule has 1 atom stereocenters. The van der Waals surface area contributed by atoms with Crippen LogP contribution in [0.4, 0.5) is 0 Å². The van der Waals surface area contributed by atoms with E-state index in [0.717, 1.165) is 10.2 Å². The molecule has 0 radical (unpaired) electrons. The molecule has 3 aromatic rings. The number of hydrogen-bond acceptors (Lipinski definition) is 5. The van der Waals surface area contributed by atoms with Crippen molar-refractivity contribution in [1.29, 1.82) is 0 Å². The minimum absolute atomic E-state index is 0.210. The summed E-state index contributed by atoms with van der Waals surface area (Å²) in [5.74, 6) is 0.300. The molecule has 0 fully saturated rings. The molecule has 5 nitrogen and oxygen atoms in total. The highest BCUT2D eigenvalue weighted by Gasteiger charge is 2.10. The van der Waals surface area contributed by atoms with Gasteiger partial charge in [-0.1, -0.05) is 29.5 Å². The Labute approximate surface area is 137 Å². The van der Waals surface area contributed by atoms with E-state index in [2.05, 4.69) is 10.3 Å². The summed E-state index contributed by atoms with van der Waals surface area (Å²) in [6, 6.07) is 14.7. The number of amides is 1. The van der Waals surface area contributed by atoms with Crippen molar-refractivity contribution in [3.8, 4) is 10.9 Å². The van der Waals surface area contributed by atoms with Crippen LogP contribution < -0.4 is 10.1 Å². The summed E-state index contributed by atoms with van der Waals surface area (Å²) in [5.41, 5.74) is 1.36. The molecule has 0 aliphatic rings. The predicted octanol–water partition coefficient (Wildman–Crippen LogP) is 3.20. The zero-order valence-electron chi connectivity index (χ0n) is 12.5. The van der Waals surface area contributed by atoms with Crippen molar-refractivity contribution < 1.29 is 14.6 Å². The van der Waals surface area contributed by atoms with Crippen molar-refractivity contribution in [3.05, 3.63) is 54.1 Å². The first kappa shape index (κ1) is 15.5. The van der Waals surface area contributed by atoms with Crippen LogP contribution in [0.3, 0.4) is 0 Å². The maximum Gasteiger partial charge on any atom is 0.279 e. The van der Waals surface area contributed by atoms with Gasteiger partial charge in [0, 0.05) is 12.1 Å². The number of fused-ring (bicyclic) bond motifs is 1.